The zero-order valence-electron chi connectivity index (χ0n) is 11.3. The average molecular weight is 259 g/mol. The molecule has 0 aliphatic carbocycles. The van der Waals surface area contributed by atoms with Crippen molar-refractivity contribution in [3.63, 3.8) is 0 Å². The molecular formula is C15H19N2O2. The van der Waals surface area contributed by atoms with Gasteiger partial charge in [0.15, 0.2) is 5.79 Å². The van der Waals surface area contributed by atoms with Gasteiger partial charge in [0.25, 0.3) is 0 Å². The molecule has 2 unspecified atom stereocenters. The lowest BCUT2D eigenvalue weighted by atomic mass is 10.0. The number of benzene rings is 1. The van der Waals surface area contributed by atoms with Crippen molar-refractivity contribution in [2.45, 2.75) is 38.2 Å². The number of hydrogen-bond donors (Lipinski definition) is 2. The van der Waals surface area contributed by atoms with Crippen LogP contribution in [-0.2, 0) is 9.47 Å². The molecular weight excluding hydrogens is 240 g/mol. The van der Waals surface area contributed by atoms with Gasteiger partial charge < -0.3 is 20.2 Å². The topological polar surface area (TPSA) is 60.3 Å². The van der Waals surface area contributed by atoms with E-state index < -0.39 is 5.79 Å². The molecule has 2 atom stereocenters. The van der Waals surface area contributed by atoms with Gasteiger partial charge in [-0.1, -0.05) is 12.1 Å². The Morgan fingerprint density at radius 3 is 3.11 bits per heavy atom. The molecule has 1 radical (unpaired) electrons. The lowest BCUT2D eigenvalue weighted by molar-refractivity contribution is -0.139. The largest absolute Gasteiger partial charge is 0.361 e. The second-order valence-electron chi connectivity index (χ2n) is 5.53. The van der Waals surface area contributed by atoms with Crippen molar-refractivity contribution in [3.05, 3.63) is 36.0 Å². The van der Waals surface area contributed by atoms with Crippen LogP contribution in [0.15, 0.2) is 24.4 Å². The van der Waals surface area contributed by atoms with Crippen molar-refractivity contribution >= 4 is 10.9 Å². The Morgan fingerprint density at radius 1 is 1.53 bits per heavy atom. The van der Waals surface area contributed by atoms with E-state index in [1.807, 2.05) is 26.1 Å². The first-order chi connectivity index (χ1) is 9.03. The van der Waals surface area contributed by atoms with Crippen LogP contribution >= 0.6 is 0 Å². The molecule has 0 amide bonds. The number of nitrogens with two attached hydrogens (primary N) is 1. The molecule has 1 aromatic heterocycles. The standard InChI is InChI=1S/C15H19N2O2/c1-15(2)18-9-12(19-15)8-13(16)11-4-3-10-5-6-17-14(10)7-11/h3-4,6-7,12-13,17H,8-9,16H2,1-2H3. The number of nitrogens with one attached hydrogen (secondary N) is 1. The normalized spacial score (nSPS) is 23.8. The van der Waals surface area contributed by atoms with Crippen LogP contribution in [0.3, 0.4) is 0 Å². The molecule has 3 N–H and O–H groups in total. The van der Waals surface area contributed by atoms with Crippen LogP contribution in [0, 0.1) is 6.07 Å². The quantitative estimate of drug-likeness (QED) is 0.890. The highest BCUT2D eigenvalue weighted by atomic mass is 16.7. The predicted molar refractivity (Wildman–Crippen MR) is 73.6 cm³/mol. The van der Waals surface area contributed by atoms with E-state index in [-0.39, 0.29) is 12.1 Å². The Morgan fingerprint density at radius 2 is 2.37 bits per heavy atom. The zero-order chi connectivity index (χ0) is 13.5. The molecule has 1 aliphatic rings. The SMILES string of the molecule is CC1(C)OCC(CC(N)c2ccc3[c]c[nH]c3c2)O1. The smallest absolute Gasteiger partial charge is 0.163 e. The monoisotopic (exact) mass is 259 g/mol. The van der Waals surface area contributed by atoms with Crippen molar-refractivity contribution in [2.24, 2.45) is 5.73 Å². The minimum Gasteiger partial charge on any atom is -0.361 e. The molecule has 101 valence electrons. The first-order valence-corrected chi connectivity index (χ1v) is 6.59. The van der Waals surface area contributed by atoms with Crippen molar-refractivity contribution < 1.29 is 9.47 Å². The summed E-state index contributed by atoms with van der Waals surface area (Å²) in [4.78, 5) is 3.15. The Hall–Kier alpha value is -1.36. The number of ether oxygens (including phenoxy) is 2. The van der Waals surface area contributed by atoms with Crippen LogP contribution in [0.25, 0.3) is 10.9 Å². The molecule has 1 fully saturated rings. The Kier molecular flexibility index (Phi) is 3.09. The average Bonchev–Trinajstić information content (AvgIpc) is 2.94. The van der Waals surface area contributed by atoms with Gasteiger partial charge in [-0.15, -0.1) is 0 Å². The fourth-order valence-electron chi connectivity index (χ4n) is 2.53. The van der Waals surface area contributed by atoms with E-state index in [1.165, 1.54) is 0 Å². The summed E-state index contributed by atoms with van der Waals surface area (Å²) in [5, 5.41) is 1.08. The summed E-state index contributed by atoms with van der Waals surface area (Å²) in [6.45, 7) is 4.47. The number of H-pyrrole nitrogens is 1. The third-order valence-electron chi connectivity index (χ3n) is 3.51. The van der Waals surface area contributed by atoms with E-state index >= 15 is 0 Å². The van der Waals surface area contributed by atoms with Gasteiger partial charge in [-0.05, 0) is 31.9 Å². The van der Waals surface area contributed by atoms with E-state index in [0.29, 0.717) is 6.61 Å². The van der Waals surface area contributed by atoms with Gasteiger partial charge >= 0.3 is 0 Å². The van der Waals surface area contributed by atoms with Crippen LogP contribution in [0.5, 0.6) is 0 Å². The molecule has 2 aromatic rings. The summed E-state index contributed by atoms with van der Waals surface area (Å²) < 4.78 is 11.4. The summed E-state index contributed by atoms with van der Waals surface area (Å²) in [7, 11) is 0. The van der Waals surface area contributed by atoms with Gasteiger partial charge in [0.1, 0.15) is 0 Å². The highest BCUT2D eigenvalue weighted by molar-refractivity contribution is 5.79. The number of hydrogen-bond acceptors (Lipinski definition) is 3. The summed E-state index contributed by atoms with van der Waals surface area (Å²) in [6.07, 6.45) is 2.64. The van der Waals surface area contributed by atoms with E-state index in [1.54, 1.807) is 0 Å². The maximum atomic E-state index is 6.26. The van der Waals surface area contributed by atoms with Gasteiger partial charge in [-0.3, -0.25) is 0 Å². The minimum absolute atomic E-state index is 0.0461. The highest BCUT2D eigenvalue weighted by Crippen LogP contribution is 2.28. The second-order valence-corrected chi connectivity index (χ2v) is 5.53. The van der Waals surface area contributed by atoms with Crippen LogP contribution in [-0.4, -0.2) is 23.5 Å². The maximum absolute atomic E-state index is 6.26. The molecule has 1 saturated heterocycles. The summed E-state index contributed by atoms with van der Waals surface area (Å²) in [6, 6.07) is 9.26. The first-order valence-electron chi connectivity index (χ1n) is 6.59. The molecule has 0 spiro atoms. The molecule has 0 saturated carbocycles. The lowest BCUT2D eigenvalue weighted by Crippen LogP contribution is -2.24. The second kappa shape index (κ2) is 4.63. The van der Waals surface area contributed by atoms with E-state index in [9.17, 15) is 0 Å². The van der Waals surface area contributed by atoms with Crippen molar-refractivity contribution in [3.8, 4) is 0 Å². The molecule has 2 heterocycles. The molecule has 4 heteroatoms. The number of fused-ring (bicyclic) bond motifs is 1. The van der Waals surface area contributed by atoms with Crippen LogP contribution in [0.4, 0.5) is 0 Å². The van der Waals surface area contributed by atoms with Crippen molar-refractivity contribution in [1.29, 1.82) is 0 Å². The van der Waals surface area contributed by atoms with Crippen LogP contribution in [0.1, 0.15) is 31.9 Å². The Bertz CT molecular complexity index is 576. The van der Waals surface area contributed by atoms with Crippen molar-refractivity contribution in [2.75, 3.05) is 6.61 Å². The van der Waals surface area contributed by atoms with E-state index in [2.05, 4.69) is 23.2 Å². The molecule has 3 rings (SSSR count). The van der Waals surface area contributed by atoms with E-state index in [4.69, 9.17) is 15.2 Å². The van der Waals surface area contributed by atoms with Crippen LogP contribution in [0.2, 0.25) is 0 Å². The number of aromatic nitrogens is 1. The molecule has 1 aliphatic heterocycles. The molecule has 4 nitrogen and oxygen atoms in total. The fraction of sp³-hybridized carbons (Fsp3) is 0.467. The molecule has 19 heavy (non-hydrogen) atoms. The summed E-state index contributed by atoms with van der Waals surface area (Å²) >= 11 is 0. The summed E-state index contributed by atoms with van der Waals surface area (Å²) in [5.41, 5.74) is 8.44. The van der Waals surface area contributed by atoms with Gasteiger partial charge in [-0.25, -0.2) is 0 Å². The third-order valence-corrected chi connectivity index (χ3v) is 3.51. The van der Waals surface area contributed by atoms with Gasteiger partial charge in [-0.2, -0.15) is 0 Å². The Balaban J connectivity index is 1.71. The van der Waals surface area contributed by atoms with Gasteiger partial charge in [0.2, 0.25) is 0 Å². The van der Waals surface area contributed by atoms with E-state index in [0.717, 1.165) is 22.9 Å². The summed E-state index contributed by atoms with van der Waals surface area (Å²) in [5.74, 6) is -0.483. The first kappa shape index (κ1) is 12.7. The minimum atomic E-state index is -0.483. The number of rotatable bonds is 3. The Labute approximate surface area is 112 Å². The number of aromatic amines is 1. The fourth-order valence-corrected chi connectivity index (χ4v) is 2.53. The molecule has 0 bridgehead atoms. The third kappa shape index (κ3) is 2.66. The highest BCUT2D eigenvalue weighted by Gasteiger charge is 2.33. The van der Waals surface area contributed by atoms with Gasteiger partial charge in [0, 0.05) is 29.2 Å². The maximum Gasteiger partial charge on any atom is 0.163 e. The lowest BCUT2D eigenvalue weighted by Gasteiger charge is -2.19. The predicted octanol–water partition coefficient (Wildman–Crippen LogP) is 2.51. The molecule has 1 aromatic carbocycles. The van der Waals surface area contributed by atoms with Crippen molar-refractivity contribution in [1.82, 2.24) is 4.98 Å². The van der Waals surface area contributed by atoms with Gasteiger partial charge in [0.05, 0.1) is 12.7 Å². The van der Waals surface area contributed by atoms with Crippen LogP contribution < -0.4 is 5.73 Å². The zero-order valence-corrected chi connectivity index (χ0v) is 11.3.